The molecule has 0 radical (unpaired) electrons. The van der Waals surface area contributed by atoms with Crippen LogP contribution in [0.5, 0.6) is 0 Å². The molecule has 2 aromatic rings. The van der Waals surface area contributed by atoms with Gasteiger partial charge in [0.05, 0.1) is 11.4 Å². The summed E-state index contributed by atoms with van der Waals surface area (Å²) in [4.78, 5) is 23.1. The lowest BCUT2D eigenvalue weighted by atomic mass is 10.2. The molecule has 2 aromatic carbocycles. The second kappa shape index (κ2) is 8.26. The summed E-state index contributed by atoms with van der Waals surface area (Å²) in [5, 5.41) is 5.39. The standard InChI is InChI=1S/C20H21N3O4S/c1-15(24)21-17-6-8-18(9-7-17)22-20(25)12-5-16-3-10-19(11-4-16)23-13-2-14-28(23,26)27/h3-12H,2,13-14H2,1H3,(H,21,24)(H,22,25)/b12-5+. The molecule has 3 rings (SSSR count). The van der Waals surface area contributed by atoms with Gasteiger partial charge in [0.15, 0.2) is 0 Å². The molecule has 2 N–H and O–H groups in total. The predicted molar refractivity (Wildman–Crippen MR) is 111 cm³/mol. The summed E-state index contributed by atoms with van der Waals surface area (Å²) in [5.41, 5.74) is 2.69. The summed E-state index contributed by atoms with van der Waals surface area (Å²) < 4.78 is 25.3. The molecule has 8 heteroatoms. The van der Waals surface area contributed by atoms with E-state index in [-0.39, 0.29) is 17.6 Å². The number of anilines is 3. The molecule has 0 unspecified atom stereocenters. The van der Waals surface area contributed by atoms with E-state index in [1.165, 1.54) is 17.3 Å². The lowest BCUT2D eigenvalue weighted by Crippen LogP contribution is -2.24. The summed E-state index contributed by atoms with van der Waals surface area (Å²) in [6.45, 7) is 1.93. The molecular formula is C20H21N3O4S. The molecule has 1 aliphatic heterocycles. The fourth-order valence-corrected chi connectivity index (χ4v) is 4.44. The van der Waals surface area contributed by atoms with Crippen molar-refractivity contribution in [2.24, 2.45) is 0 Å². The first-order valence-electron chi connectivity index (χ1n) is 8.81. The third kappa shape index (κ3) is 4.98. The molecule has 0 spiro atoms. The Morgan fingerprint density at radius 1 is 0.964 bits per heavy atom. The fourth-order valence-electron chi connectivity index (χ4n) is 2.88. The average molecular weight is 399 g/mol. The van der Waals surface area contributed by atoms with Gasteiger partial charge in [-0.25, -0.2) is 8.42 Å². The van der Waals surface area contributed by atoms with E-state index in [0.717, 1.165) is 5.56 Å². The monoisotopic (exact) mass is 399 g/mol. The van der Waals surface area contributed by atoms with Gasteiger partial charge in [-0.05, 0) is 54.5 Å². The SMILES string of the molecule is CC(=O)Nc1ccc(NC(=O)/C=C/c2ccc(N3CCCS3(=O)=O)cc2)cc1. The largest absolute Gasteiger partial charge is 0.326 e. The van der Waals surface area contributed by atoms with E-state index < -0.39 is 10.0 Å². The summed E-state index contributed by atoms with van der Waals surface area (Å²) in [6, 6.07) is 13.8. The van der Waals surface area contributed by atoms with E-state index in [4.69, 9.17) is 0 Å². The van der Waals surface area contributed by atoms with Crippen molar-refractivity contribution in [2.75, 3.05) is 27.2 Å². The van der Waals surface area contributed by atoms with Crippen LogP contribution in [0, 0.1) is 0 Å². The molecule has 1 heterocycles. The Labute approximate surface area is 164 Å². The minimum Gasteiger partial charge on any atom is -0.326 e. The smallest absolute Gasteiger partial charge is 0.248 e. The minimum atomic E-state index is -3.20. The lowest BCUT2D eigenvalue weighted by Gasteiger charge is -2.16. The van der Waals surface area contributed by atoms with Crippen molar-refractivity contribution in [3.8, 4) is 0 Å². The van der Waals surface area contributed by atoms with Crippen LogP contribution in [0.25, 0.3) is 6.08 Å². The molecule has 0 atom stereocenters. The highest BCUT2D eigenvalue weighted by Crippen LogP contribution is 2.24. The van der Waals surface area contributed by atoms with E-state index in [1.807, 2.05) is 0 Å². The molecule has 0 aromatic heterocycles. The number of nitrogens with zero attached hydrogens (tertiary/aromatic N) is 1. The number of hydrogen-bond donors (Lipinski definition) is 2. The van der Waals surface area contributed by atoms with Crippen molar-refractivity contribution in [1.29, 1.82) is 0 Å². The Balaban J connectivity index is 1.59. The van der Waals surface area contributed by atoms with Crippen LogP contribution < -0.4 is 14.9 Å². The Kier molecular flexibility index (Phi) is 5.79. The number of nitrogens with one attached hydrogen (secondary N) is 2. The van der Waals surface area contributed by atoms with E-state index >= 15 is 0 Å². The van der Waals surface area contributed by atoms with Crippen LogP contribution in [-0.2, 0) is 19.6 Å². The Hall–Kier alpha value is -3.13. The Bertz CT molecular complexity index is 997. The maximum absolute atomic E-state index is 12.1. The van der Waals surface area contributed by atoms with Crippen molar-refractivity contribution in [3.63, 3.8) is 0 Å². The van der Waals surface area contributed by atoms with Gasteiger partial charge in [0, 0.05) is 30.9 Å². The van der Waals surface area contributed by atoms with Gasteiger partial charge in [-0.1, -0.05) is 12.1 Å². The van der Waals surface area contributed by atoms with E-state index in [2.05, 4.69) is 10.6 Å². The summed E-state index contributed by atoms with van der Waals surface area (Å²) in [7, 11) is -3.20. The van der Waals surface area contributed by atoms with Crippen molar-refractivity contribution in [1.82, 2.24) is 0 Å². The number of rotatable bonds is 5. The highest BCUT2D eigenvalue weighted by atomic mass is 32.2. The third-order valence-corrected chi connectivity index (χ3v) is 6.05. The first kappa shape index (κ1) is 19.6. The zero-order valence-electron chi connectivity index (χ0n) is 15.4. The maximum atomic E-state index is 12.1. The minimum absolute atomic E-state index is 0.159. The molecule has 0 aliphatic carbocycles. The van der Waals surface area contributed by atoms with Crippen molar-refractivity contribution >= 4 is 45.0 Å². The first-order chi connectivity index (χ1) is 13.3. The van der Waals surface area contributed by atoms with Gasteiger partial charge in [0.2, 0.25) is 21.8 Å². The summed E-state index contributed by atoms with van der Waals surface area (Å²) in [6.07, 6.45) is 3.70. The maximum Gasteiger partial charge on any atom is 0.248 e. The van der Waals surface area contributed by atoms with Gasteiger partial charge >= 0.3 is 0 Å². The molecular weight excluding hydrogens is 378 g/mol. The van der Waals surface area contributed by atoms with Gasteiger partial charge in [0.1, 0.15) is 0 Å². The van der Waals surface area contributed by atoms with Crippen LogP contribution in [0.2, 0.25) is 0 Å². The van der Waals surface area contributed by atoms with E-state index in [9.17, 15) is 18.0 Å². The molecule has 28 heavy (non-hydrogen) atoms. The second-order valence-corrected chi connectivity index (χ2v) is 8.43. The number of carbonyl (C=O) groups is 2. The van der Waals surface area contributed by atoms with E-state index in [1.54, 1.807) is 54.6 Å². The summed E-state index contributed by atoms with van der Waals surface area (Å²) in [5.74, 6) is -0.271. The molecule has 0 saturated carbocycles. The molecule has 0 bridgehead atoms. The molecule has 1 aliphatic rings. The third-order valence-electron chi connectivity index (χ3n) is 4.18. The zero-order chi connectivity index (χ0) is 20.1. The number of carbonyl (C=O) groups excluding carboxylic acids is 2. The lowest BCUT2D eigenvalue weighted by molar-refractivity contribution is -0.114. The molecule has 2 amide bonds. The van der Waals surface area contributed by atoms with Crippen LogP contribution in [-0.4, -0.2) is 32.5 Å². The van der Waals surface area contributed by atoms with Crippen LogP contribution >= 0.6 is 0 Å². The Morgan fingerprint density at radius 3 is 2.11 bits per heavy atom. The van der Waals surface area contributed by atoms with Crippen LogP contribution in [0.3, 0.4) is 0 Å². The van der Waals surface area contributed by atoms with Crippen molar-refractivity contribution in [2.45, 2.75) is 13.3 Å². The Morgan fingerprint density at radius 2 is 1.57 bits per heavy atom. The van der Waals surface area contributed by atoms with E-state index in [0.29, 0.717) is 30.0 Å². The van der Waals surface area contributed by atoms with Crippen LogP contribution in [0.1, 0.15) is 18.9 Å². The fraction of sp³-hybridized carbons (Fsp3) is 0.200. The first-order valence-corrected chi connectivity index (χ1v) is 10.4. The van der Waals surface area contributed by atoms with Gasteiger partial charge in [-0.3, -0.25) is 13.9 Å². The van der Waals surface area contributed by atoms with Gasteiger partial charge in [-0.2, -0.15) is 0 Å². The van der Waals surface area contributed by atoms with Crippen LogP contribution in [0.4, 0.5) is 17.1 Å². The number of hydrogen-bond acceptors (Lipinski definition) is 4. The van der Waals surface area contributed by atoms with Gasteiger partial charge in [-0.15, -0.1) is 0 Å². The number of sulfonamides is 1. The molecule has 1 fully saturated rings. The molecule has 7 nitrogen and oxygen atoms in total. The second-order valence-electron chi connectivity index (χ2n) is 6.41. The van der Waals surface area contributed by atoms with Gasteiger partial charge in [0.25, 0.3) is 0 Å². The highest BCUT2D eigenvalue weighted by molar-refractivity contribution is 7.93. The number of amides is 2. The zero-order valence-corrected chi connectivity index (χ0v) is 16.2. The molecule has 146 valence electrons. The average Bonchev–Trinajstić information content (AvgIpc) is 3.01. The van der Waals surface area contributed by atoms with Gasteiger partial charge < -0.3 is 10.6 Å². The van der Waals surface area contributed by atoms with Crippen LogP contribution in [0.15, 0.2) is 54.6 Å². The highest BCUT2D eigenvalue weighted by Gasteiger charge is 2.28. The van der Waals surface area contributed by atoms with Crippen molar-refractivity contribution < 1.29 is 18.0 Å². The predicted octanol–water partition coefficient (Wildman–Crippen LogP) is 2.84. The van der Waals surface area contributed by atoms with Crippen molar-refractivity contribution in [3.05, 3.63) is 60.2 Å². The normalized spacial score (nSPS) is 15.5. The number of benzene rings is 2. The molecule has 1 saturated heterocycles. The summed E-state index contributed by atoms with van der Waals surface area (Å²) >= 11 is 0. The topological polar surface area (TPSA) is 95.6 Å². The quantitative estimate of drug-likeness (QED) is 0.756.